The molecule has 0 aliphatic heterocycles. The van der Waals surface area contributed by atoms with E-state index in [2.05, 4.69) is 240 Å². The van der Waals surface area contributed by atoms with Crippen molar-refractivity contribution in [3.63, 3.8) is 0 Å². The number of nitrogens with zero attached hydrogens (tertiary/aromatic N) is 2. The van der Waals surface area contributed by atoms with Crippen molar-refractivity contribution in [2.24, 2.45) is 0 Å². The molecule has 3 heteroatoms. The summed E-state index contributed by atoms with van der Waals surface area (Å²) in [7, 11) is 0. The van der Waals surface area contributed by atoms with E-state index in [0.29, 0.717) is 0 Å². The lowest BCUT2D eigenvalue weighted by atomic mass is 9.93. The standard InChI is InChI=1S/C62H40N2O/c1-2-16-50-45(13-1)40-57(53-18-4-3-17-52(50)53)44-14-11-15-49(39-44)63(47-37-31-43(32-38-47)51-22-12-26-61-62(51)56-21-7-10-25-60(56)65-61)46-33-27-41(28-34-46)42-29-35-48(36-30-42)64-58-23-8-5-19-54(58)55-20-6-9-24-59(55)64/h1-40H. The van der Waals surface area contributed by atoms with Gasteiger partial charge in [0.1, 0.15) is 11.2 Å². The molecule has 0 amide bonds. The Kier molecular flexibility index (Phi) is 8.53. The van der Waals surface area contributed by atoms with E-state index < -0.39 is 0 Å². The topological polar surface area (TPSA) is 21.3 Å². The Morgan fingerprint density at radius 1 is 0.308 bits per heavy atom. The fourth-order valence-corrected chi connectivity index (χ4v) is 10.2. The van der Waals surface area contributed by atoms with Crippen LogP contribution >= 0.6 is 0 Å². The van der Waals surface area contributed by atoms with Gasteiger partial charge in [0.05, 0.1) is 11.0 Å². The minimum Gasteiger partial charge on any atom is -0.456 e. The highest BCUT2D eigenvalue weighted by molar-refractivity contribution is 6.15. The molecule has 3 nitrogen and oxygen atoms in total. The second-order valence-electron chi connectivity index (χ2n) is 16.9. The number of hydrogen-bond donors (Lipinski definition) is 0. The molecule has 0 fully saturated rings. The molecule has 13 aromatic rings. The quantitative estimate of drug-likeness (QED) is 0.149. The maximum absolute atomic E-state index is 6.28. The van der Waals surface area contributed by atoms with Crippen LogP contribution in [0.5, 0.6) is 0 Å². The van der Waals surface area contributed by atoms with Crippen molar-refractivity contribution >= 4 is 82.4 Å². The SMILES string of the molecule is c1cc(-c2cc3ccccc3c3ccccc23)cc(N(c2ccc(-c3ccc(-n4c5ccccc5c5ccccc54)cc3)cc2)c2ccc(-c3cccc4oc5ccccc5c34)cc2)c1. The largest absolute Gasteiger partial charge is 0.456 e. The Hall–Kier alpha value is -8.66. The Labute approximate surface area is 376 Å². The fraction of sp³-hybridized carbons (Fsp3) is 0. The maximum atomic E-state index is 6.28. The summed E-state index contributed by atoms with van der Waals surface area (Å²) in [6.45, 7) is 0. The van der Waals surface area contributed by atoms with E-state index >= 15 is 0 Å². The van der Waals surface area contributed by atoms with Gasteiger partial charge in [-0.15, -0.1) is 0 Å². The van der Waals surface area contributed by atoms with E-state index in [0.717, 1.165) is 61.4 Å². The Morgan fingerprint density at radius 3 is 1.55 bits per heavy atom. The van der Waals surface area contributed by atoms with E-state index in [1.165, 1.54) is 60.0 Å². The first-order valence-corrected chi connectivity index (χ1v) is 22.2. The van der Waals surface area contributed by atoms with Crippen molar-refractivity contribution in [2.45, 2.75) is 0 Å². The van der Waals surface area contributed by atoms with Crippen molar-refractivity contribution in [3.8, 4) is 39.1 Å². The number of anilines is 3. The van der Waals surface area contributed by atoms with Crippen molar-refractivity contribution in [1.82, 2.24) is 4.57 Å². The number of para-hydroxylation sites is 3. The van der Waals surface area contributed by atoms with Crippen molar-refractivity contribution in [2.75, 3.05) is 4.90 Å². The van der Waals surface area contributed by atoms with Crippen LogP contribution in [0.3, 0.4) is 0 Å². The zero-order valence-corrected chi connectivity index (χ0v) is 35.4. The van der Waals surface area contributed by atoms with E-state index in [1.54, 1.807) is 0 Å². The molecule has 0 spiro atoms. The van der Waals surface area contributed by atoms with Crippen LogP contribution in [0.15, 0.2) is 247 Å². The van der Waals surface area contributed by atoms with Gasteiger partial charge in [-0.2, -0.15) is 0 Å². The van der Waals surface area contributed by atoms with E-state index in [4.69, 9.17) is 4.42 Å². The average molecular weight is 829 g/mol. The van der Waals surface area contributed by atoms with Gasteiger partial charge in [0.25, 0.3) is 0 Å². The summed E-state index contributed by atoms with van der Waals surface area (Å²) in [6.07, 6.45) is 0. The second-order valence-corrected chi connectivity index (χ2v) is 16.9. The van der Waals surface area contributed by atoms with Gasteiger partial charge in [0.2, 0.25) is 0 Å². The highest BCUT2D eigenvalue weighted by Crippen LogP contribution is 2.43. The van der Waals surface area contributed by atoms with Crippen molar-refractivity contribution < 1.29 is 4.42 Å². The molecule has 65 heavy (non-hydrogen) atoms. The number of hydrogen-bond acceptors (Lipinski definition) is 2. The van der Waals surface area contributed by atoms with Crippen LogP contribution in [0.25, 0.3) is 104 Å². The summed E-state index contributed by atoms with van der Waals surface area (Å²) in [5.41, 5.74) is 15.6. The Bertz CT molecular complexity index is 3880. The summed E-state index contributed by atoms with van der Waals surface area (Å²) < 4.78 is 8.64. The number of fused-ring (bicyclic) bond motifs is 9. The van der Waals surface area contributed by atoms with Gasteiger partial charge in [0, 0.05) is 44.3 Å². The number of rotatable bonds is 7. The molecule has 2 aromatic heterocycles. The van der Waals surface area contributed by atoms with Gasteiger partial charge in [-0.1, -0.05) is 164 Å². The molecule has 13 rings (SSSR count). The molecule has 0 aliphatic carbocycles. The first-order chi connectivity index (χ1) is 32.2. The summed E-state index contributed by atoms with van der Waals surface area (Å²) in [6, 6.07) is 87.7. The molecule has 0 radical (unpaired) electrons. The smallest absolute Gasteiger partial charge is 0.136 e. The van der Waals surface area contributed by atoms with Gasteiger partial charge in [-0.3, -0.25) is 0 Å². The van der Waals surface area contributed by atoms with E-state index in [9.17, 15) is 0 Å². The van der Waals surface area contributed by atoms with Gasteiger partial charge in [0.15, 0.2) is 0 Å². The lowest BCUT2D eigenvalue weighted by Gasteiger charge is -2.26. The van der Waals surface area contributed by atoms with Crippen molar-refractivity contribution in [1.29, 1.82) is 0 Å². The van der Waals surface area contributed by atoms with Crippen LogP contribution in [0.2, 0.25) is 0 Å². The average Bonchev–Trinajstić information content (AvgIpc) is 3.93. The van der Waals surface area contributed by atoms with Crippen LogP contribution in [0, 0.1) is 0 Å². The predicted molar refractivity (Wildman–Crippen MR) is 274 cm³/mol. The Balaban J connectivity index is 0.908. The third kappa shape index (κ3) is 6.12. The summed E-state index contributed by atoms with van der Waals surface area (Å²) >= 11 is 0. The molecule has 2 heterocycles. The summed E-state index contributed by atoms with van der Waals surface area (Å²) in [4.78, 5) is 2.37. The highest BCUT2D eigenvalue weighted by atomic mass is 16.3. The number of furan rings is 1. The number of aromatic nitrogens is 1. The third-order valence-electron chi connectivity index (χ3n) is 13.2. The molecule has 0 N–H and O–H groups in total. The van der Waals surface area contributed by atoms with Crippen LogP contribution in [-0.4, -0.2) is 4.57 Å². The number of benzene rings is 11. The summed E-state index contributed by atoms with van der Waals surface area (Å²) in [5.74, 6) is 0. The Morgan fingerprint density at radius 2 is 0.846 bits per heavy atom. The molecule has 0 atom stereocenters. The molecule has 0 bridgehead atoms. The monoisotopic (exact) mass is 828 g/mol. The molecule has 0 saturated carbocycles. The maximum Gasteiger partial charge on any atom is 0.136 e. The van der Waals surface area contributed by atoms with Crippen LogP contribution in [0.4, 0.5) is 17.1 Å². The third-order valence-corrected chi connectivity index (χ3v) is 13.2. The van der Waals surface area contributed by atoms with E-state index in [1.807, 2.05) is 12.1 Å². The molecule has 0 aliphatic rings. The second kappa shape index (κ2) is 15.0. The van der Waals surface area contributed by atoms with Crippen LogP contribution in [-0.2, 0) is 0 Å². The van der Waals surface area contributed by atoms with Crippen LogP contribution < -0.4 is 4.90 Å². The molecule has 0 saturated heterocycles. The van der Waals surface area contributed by atoms with E-state index in [-0.39, 0.29) is 0 Å². The zero-order chi connectivity index (χ0) is 42.8. The van der Waals surface area contributed by atoms with Gasteiger partial charge >= 0.3 is 0 Å². The highest BCUT2D eigenvalue weighted by Gasteiger charge is 2.18. The molecule has 304 valence electrons. The van der Waals surface area contributed by atoms with Crippen molar-refractivity contribution in [3.05, 3.63) is 243 Å². The molecule has 11 aromatic carbocycles. The molecular formula is C62H40N2O. The zero-order valence-electron chi connectivity index (χ0n) is 35.4. The molecule has 0 unspecified atom stereocenters. The minimum absolute atomic E-state index is 0.897. The first-order valence-electron chi connectivity index (χ1n) is 22.2. The van der Waals surface area contributed by atoms with Crippen LogP contribution in [0.1, 0.15) is 0 Å². The summed E-state index contributed by atoms with van der Waals surface area (Å²) in [5, 5.41) is 9.81. The predicted octanol–water partition coefficient (Wildman–Crippen LogP) is 17.5. The molecular weight excluding hydrogens is 789 g/mol. The van der Waals surface area contributed by atoms with Gasteiger partial charge in [-0.05, 0) is 134 Å². The van der Waals surface area contributed by atoms with Gasteiger partial charge in [-0.25, -0.2) is 0 Å². The fourth-order valence-electron chi connectivity index (χ4n) is 10.2. The lowest BCUT2D eigenvalue weighted by molar-refractivity contribution is 0.669. The normalized spacial score (nSPS) is 11.7. The van der Waals surface area contributed by atoms with Gasteiger partial charge < -0.3 is 13.9 Å². The first kappa shape index (κ1) is 36.9. The lowest BCUT2D eigenvalue weighted by Crippen LogP contribution is -2.10. The minimum atomic E-state index is 0.897.